The number of ether oxygens (including phenoxy) is 1. The number of thiazole rings is 1. The molecule has 1 saturated heterocycles. The van der Waals surface area contributed by atoms with Crippen LogP contribution in [0.15, 0.2) is 46.4 Å². The number of oxime groups is 1. The van der Waals surface area contributed by atoms with Crippen LogP contribution >= 0.6 is 11.3 Å². The molecule has 1 saturated carbocycles. The molecule has 3 heterocycles. The van der Waals surface area contributed by atoms with Crippen LogP contribution in [0.4, 0.5) is 5.13 Å². The Balaban J connectivity index is 1.33. The lowest BCUT2D eigenvalue weighted by atomic mass is 10.1. The number of piperidine rings is 1. The van der Waals surface area contributed by atoms with Crippen molar-refractivity contribution in [1.29, 1.82) is 0 Å². The van der Waals surface area contributed by atoms with Gasteiger partial charge in [0.2, 0.25) is 5.88 Å². The van der Waals surface area contributed by atoms with E-state index in [2.05, 4.69) is 32.4 Å². The summed E-state index contributed by atoms with van der Waals surface area (Å²) in [7, 11) is -1.27. The maximum atomic E-state index is 13.3. The first kappa shape index (κ1) is 27.4. The fourth-order valence-electron chi connectivity index (χ4n) is 4.12. The lowest BCUT2D eigenvalue weighted by molar-refractivity contribution is -0.110. The van der Waals surface area contributed by atoms with Gasteiger partial charge in [-0.3, -0.25) is 10.1 Å². The number of benzene rings is 1. The number of aromatic nitrogens is 2. The molecule has 1 aliphatic heterocycles. The van der Waals surface area contributed by atoms with Gasteiger partial charge in [0.15, 0.2) is 20.7 Å². The number of nitrogens with one attached hydrogen (secondary N) is 1. The van der Waals surface area contributed by atoms with Gasteiger partial charge in [0.25, 0.3) is 5.91 Å². The summed E-state index contributed by atoms with van der Waals surface area (Å²) in [6.07, 6.45) is 2.67. The molecular formula is C26H31N5O6S2. The molecular weight excluding hydrogens is 542 g/mol. The van der Waals surface area contributed by atoms with Gasteiger partial charge >= 0.3 is 0 Å². The monoisotopic (exact) mass is 573 g/mol. The number of hydrogen-bond donors (Lipinski definition) is 2. The second-order valence-corrected chi connectivity index (χ2v) is 13.1. The maximum Gasteiger partial charge on any atom is 0.280 e. The maximum absolute atomic E-state index is 13.3. The van der Waals surface area contributed by atoms with E-state index in [9.17, 15) is 18.3 Å². The molecule has 2 fully saturated rings. The number of aliphatic hydroxyl groups excluding tert-OH is 1. The van der Waals surface area contributed by atoms with E-state index in [4.69, 9.17) is 9.57 Å². The molecule has 1 aromatic carbocycles. The van der Waals surface area contributed by atoms with Crippen LogP contribution in [0.25, 0.3) is 10.3 Å². The van der Waals surface area contributed by atoms with Gasteiger partial charge in [-0.15, -0.1) is 0 Å². The summed E-state index contributed by atoms with van der Waals surface area (Å²) < 4.78 is 31.2. The fraction of sp³-hybridized carbons (Fsp3) is 0.462. The predicted octanol–water partition coefficient (Wildman–Crippen LogP) is 2.84. The first-order valence-electron chi connectivity index (χ1n) is 12.9. The van der Waals surface area contributed by atoms with Crippen LogP contribution in [0, 0.1) is 0 Å². The Kier molecular flexibility index (Phi) is 8.12. The van der Waals surface area contributed by atoms with Crippen molar-refractivity contribution < 1.29 is 27.9 Å². The normalized spacial score (nSPS) is 18.2. The summed E-state index contributed by atoms with van der Waals surface area (Å²) in [4.78, 5) is 30.7. The minimum Gasteiger partial charge on any atom is -0.474 e. The number of hydrogen-bond acceptors (Lipinski definition) is 11. The second-order valence-electron chi connectivity index (χ2n) is 9.87. The zero-order valence-corrected chi connectivity index (χ0v) is 23.4. The van der Waals surface area contributed by atoms with E-state index in [1.165, 1.54) is 35.6 Å². The Morgan fingerprint density at radius 1 is 1.15 bits per heavy atom. The van der Waals surface area contributed by atoms with Crippen molar-refractivity contribution in [1.82, 2.24) is 14.9 Å². The van der Waals surface area contributed by atoms with Crippen molar-refractivity contribution in [3.63, 3.8) is 0 Å². The number of anilines is 1. The van der Waals surface area contributed by atoms with Crippen molar-refractivity contribution in [2.45, 2.75) is 55.0 Å². The molecule has 208 valence electrons. The van der Waals surface area contributed by atoms with Gasteiger partial charge in [0.1, 0.15) is 22.6 Å². The number of fused-ring (bicyclic) bond motifs is 1. The first-order chi connectivity index (χ1) is 18.7. The van der Waals surface area contributed by atoms with E-state index in [1.807, 2.05) is 0 Å². The Hall–Kier alpha value is -3.13. The van der Waals surface area contributed by atoms with Crippen LogP contribution in [-0.2, 0) is 19.5 Å². The number of likely N-dealkylation sites (tertiary alicyclic amines) is 1. The van der Waals surface area contributed by atoms with Gasteiger partial charge in [0, 0.05) is 24.7 Å². The van der Waals surface area contributed by atoms with Crippen LogP contribution in [-0.4, -0.2) is 84.2 Å². The van der Waals surface area contributed by atoms with E-state index >= 15 is 0 Å². The lowest BCUT2D eigenvalue weighted by Gasteiger charge is -2.28. The van der Waals surface area contributed by atoms with Crippen molar-refractivity contribution in [2.24, 2.45) is 5.16 Å². The van der Waals surface area contributed by atoms with Crippen molar-refractivity contribution in [3.8, 4) is 5.88 Å². The average molecular weight is 574 g/mol. The third-order valence-electron chi connectivity index (χ3n) is 6.62. The molecule has 1 atom stereocenters. The minimum absolute atomic E-state index is 0.0795. The predicted molar refractivity (Wildman–Crippen MR) is 148 cm³/mol. The number of carbonyl (C=O) groups excluding carboxylic acids is 1. The quantitative estimate of drug-likeness (QED) is 0.276. The highest BCUT2D eigenvalue weighted by molar-refractivity contribution is 7.92. The van der Waals surface area contributed by atoms with Crippen LogP contribution in [0.2, 0.25) is 0 Å². The molecule has 2 N–H and O–H groups in total. The summed E-state index contributed by atoms with van der Waals surface area (Å²) in [5, 5.41) is 16.0. The molecule has 5 rings (SSSR count). The summed E-state index contributed by atoms with van der Waals surface area (Å²) in [5.74, 6) is -0.0757. The molecule has 0 spiro atoms. The number of amides is 1. The molecule has 0 bridgehead atoms. The van der Waals surface area contributed by atoms with Gasteiger partial charge in [0.05, 0.1) is 16.8 Å². The molecule has 0 radical (unpaired) electrons. The van der Waals surface area contributed by atoms with Crippen molar-refractivity contribution in [2.75, 3.05) is 32.1 Å². The van der Waals surface area contributed by atoms with Crippen molar-refractivity contribution >= 4 is 48.3 Å². The molecule has 1 aliphatic carbocycles. The molecule has 2 aromatic heterocycles. The molecule has 1 amide bonds. The van der Waals surface area contributed by atoms with Gasteiger partial charge < -0.3 is 19.6 Å². The fourth-order valence-corrected chi connectivity index (χ4v) is 6.61. The van der Waals surface area contributed by atoms with E-state index in [1.54, 1.807) is 19.1 Å². The number of carbonyl (C=O) groups is 1. The molecule has 13 heteroatoms. The zero-order valence-electron chi connectivity index (χ0n) is 21.7. The van der Waals surface area contributed by atoms with Crippen LogP contribution < -0.4 is 10.1 Å². The molecule has 3 aromatic rings. The second kappa shape index (κ2) is 11.5. The number of aliphatic hydroxyl groups is 1. The Labute approximate surface area is 230 Å². The smallest absolute Gasteiger partial charge is 0.280 e. The number of pyridine rings is 1. The highest BCUT2D eigenvalue weighted by Gasteiger charge is 2.36. The number of sulfone groups is 1. The zero-order chi connectivity index (χ0) is 27.6. The minimum atomic E-state index is -3.37. The topological polar surface area (TPSA) is 143 Å². The SMILES string of the molecule is C[C@H](CO)ON=C(C(=O)Nc1nc2ccc(OC3CCN(C)CC3)nc2s1)c1ccc(S(=O)(=O)C2CC2)cc1. The van der Waals surface area contributed by atoms with E-state index in [0.717, 1.165) is 25.9 Å². The summed E-state index contributed by atoms with van der Waals surface area (Å²) in [6, 6.07) is 9.56. The standard InChI is InChI=1S/C26H31N5O6S2/c1-16(15-32)37-30-23(17-3-5-19(6-4-17)39(34,35)20-7-8-20)24(33)29-26-27-21-9-10-22(28-25(21)38-26)36-18-11-13-31(2)14-12-18/h3-6,9-10,16,18,20,32H,7-8,11-15H2,1-2H3,(H,27,29,33)/t16-/m1/s1. The van der Waals surface area contributed by atoms with Gasteiger partial charge in [-0.2, -0.15) is 0 Å². The van der Waals surface area contributed by atoms with E-state index in [0.29, 0.717) is 39.8 Å². The lowest BCUT2D eigenvalue weighted by Crippen LogP contribution is -2.35. The van der Waals surface area contributed by atoms with Gasteiger partial charge in [-0.1, -0.05) is 28.6 Å². The summed E-state index contributed by atoms with van der Waals surface area (Å²) in [5.41, 5.74) is 0.897. The molecule has 39 heavy (non-hydrogen) atoms. The largest absolute Gasteiger partial charge is 0.474 e. The van der Waals surface area contributed by atoms with Crippen LogP contribution in [0.5, 0.6) is 5.88 Å². The third-order valence-corrected chi connectivity index (χ3v) is 9.78. The highest BCUT2D eigenvalue weighted by Crippen LogP contribution is 2.33. The summed E-state index contributed by atoms with van der Waals surface area (Å²) >= 11 is 1.20. The molecule has 0 unspecified atom stereocenters. The Morgan fingerprint density at radius 3 is 2.54 bits per heavy atom. The summed E-state index contributed by atoms with van der Waals surface area (Å²) in [6.45, 7) is 3.28. The van der Waals surface area contributed by atoms with Gasteiger partial charge in [-0.25, -0.2) is 18.4 Å². The Morgan fingerprint density at radius 2 is 1.87 bits per heavy atom. The molecule has 2 aliphatic rings. The first-order valence-corrected chi connectivity index (χ1v) is 15.2. The molecule has 11 nitrogen and oxygen atoms in total. The van der Waals surface area contributed by atoms with Crippen LogP contribution in [0.3, 0.4) is 0 Å². The number of rotatable bonds is 10. The van der Waals surface area contributed by atoms with E-state index < -0.39 is 21.8 Å². The Bertz CT molecular complexity index is 1460. The number of nitrogens with zero attached hydrogens (tertiary/aromatic N) is 4. The van der Waals surface area contributed by atoms with E-state index in [-0.39, 0.29) is 28.6 Å². The van der Waals surface area contributed by atoms with Crippen molar-refractivity contribution in [3.05, 3.63) is 42.0 Å². The average Bonchev–Trinajstić information content (AvgIpc) is 3.72. The highest BCUT2D eigenvalue weighted by atomic mass is 32.2. The van der Waals surface area contributed by atoms with Gasteiger partial charge in [-0.05, 0) is 57.9 Å². The third kappa shape index (κ3) is 6.55. The van der Waals surface area contributed by atoms with Crippen LogP contribution in [0.1, 0.15) is 38.2 Å².